The molecular weight excluding hydrogens is 372 g/mol. The Hall–Kier alpha value is -4.02. The molecule has 2 aromatic rings. The van der Waals surface area contributed by atoms with Gasteiger partial charge in [0.2, 0.25) is 5.75 Å². The molecule has 2 aromatic carbocycles. The molecule has 1 N–H and O–H groups in total. The van der Waals surface area contributed by atoms with Crippen molar-refractivity contribution < 1.29 is 24.1 Å². The molecule has 0 bridgehead atoms. The second kappa shape index (κ2) is 9.07. The lowest BCUT2D eigenvalue weighted by Crippen LogP contribution is -2.17. The third kappa shape index (κ3) is 4.78. The Kier molecular flexibility index (Phi) is 6.58. The first-order chi connectivity index (χ1) is 13.4. The quantitative estimate of drug-likeness (QED) is 0.415. The van der Waals surface area contributed by atoms with Gasteiger partial charge in [0.05, 0.1) is 29.8 Å². The number of benzene rings is 2. The van der Waals surface area contributed by atoms with Crippen LogP contribution < -0.4 is 14.9 Å². The molecule has 0 aliphatic rings. The van der Waals surface area contributed by atoms with Gasteiger partial charge in [-0.2, -0.15) is 5.10 Å². The number of non-ortho nitro benzene ring substituents is 1. The summed E-state index contributed by atoms with van der Waals surface area (Å²) in [5.74, 6) is -0.445. The minimum absolute atomic E-state index is 0.00191. The van der Waals surface area contributed by atoms with E-state index in [4.69, 9.17) is 9.47 Å². The highest BCUT2D eigenvalue weighted by Crippen LogP contribution is 2.37. The summed E-state index contributed by atoms with van der Waals surface area (Å²) in [5.41, 5.74) is 2.26. The Balaban J connectivity index is 2.19. The van der Waals surface area contributed by atoms with Crippen LogP contribution in [0.5, 0.6) is 11.5 Å². The second-order valence-electron chi connectivity index (χ2n) is 5.26. The molecule has 0 aliphatic heterocycles. The number of hydrazone groups is 1. The lowest BCUT2D eigenvalue weighted by molar-refractivity contribution is -0.386. The van der Waals surface area contributed by atoms with E-state index in [0.717, 1.165) is 0 Å². The highest BCUT2D eigenvalue weighted by molar-refractivity contribution is 5.95. The first-order valence-electron chi connectivity index (χ1n) is 7.94. The van der Waals surface area contributed by atoms with Crippen LogP contribution in [0.4, 0.5) is 11.4 Å². The number of nitrogens with one attached hydrogen (secondary N) is 1. The normalized spacial score (nSPS) is 10.5. The summed E-state index contributed by atoms with van der Waals surface area (Å²) in [5, 5.41) is 25.6. The molecule has 0 atom stereocenters. The number of hydrogen-bond donors (Lipinski definition) is 1. The van der Waals surface area contributed by atoms with Crippen LogP contribution in [0, 0.1) is 20.2 Å². The van der Waals surface area contributed by atoms with Gasteiger partial charge in [-0.3, -0.25) is 25.0 Å². The molecule has 11 nitrogen and oxygen atoms in total. The van der Waals surface area contributed by atoms with Crippen molar-refractivity contribution in [2.45, 2.75) is 6.92 Å². The number of nitro groups is 2. The maximum Gasteiger partial charge on any atom is 0.315 e. The van der Waals surface area contributed by atoms with Crippen LogP contribution in [0.25, 0.3) is 0 Å². The van der Waals surface area contributed by atoms with E-state index >= 15 is 0 Å². The standard InChI is InChI=1S/C17H16N4O7/c1-3-28-16-14(21(25)26)8-11(9-15(16)27-2)10-18-19-17(22)12-4-6-13(7-5-12)20(23)24/h4-10H,3H2,1-2H3,(H,19,22)/b18-10+. The minimum Gasteiger partial charge on any atom is -0.493 e. The van der Waals surface area contributed by atoms with Gasteiger partial charge in [0.25, 0.3) is 11.6 Å². The number of nitrogens with zero attached hydrogens (tertiary/aromatic N) is 3. The van der Waals surface area contributed by atoms with Crippen molar-refractivity contribution >= 4 is 23.5 Å². The third-order valence-electron chi connectivity index (χ3n) is 3.48. The van der Waals surface area contributed by atoms with Crippen molar-refractivity contribution in [1.82, 2.24) is 5.43 Å². The van der Waals surface area contributed by atoms with Crippen molar-refractivity contribution in [3.8, 4) is 11.5 Å². The Labute approximate surface area is 158 Å². The van der Waals surface area contributed by atoms with Crippen LogP contribution in [-0.4, -0.2) is 35.7 Å². The molecule has 146 valence electrons. The minimum atomic E-state index is -0.611. The highest BCUT2D eigenvalue weighted by atomic mass is 16.6. The summed E-state index contributed by atoms with van der Waals surface area (Å²) in [6, 6.07) is 7.66. The molecule has 0 aliphatic carbocycles. The maximum atomic E-state index is 12.0. The van der Waals surface area contributed by atoms with E-state index in [9.17, 15) is 25.0 Å². The lowest BCUT2D eigenvalue weighted by Gasteiger charge is -2.10. The Bertz CT molecular complexity index is 926. The van der Waals surface area contributed by atoms with E-state index in [1.165, 1.54) is 49.7 Å². The summed E-state index contributed by atoms with van der Waals surface area (Å²) in [4.78, 5) is 32.7. The third-order valence-corrected chi connectivity index (χ3v) is 3.48. The molecule has 0 radical (unpaired) electrons. The molecule has 0 saturated heterocycles. The van der Waals surface area contributed by atoms with Gasteiger partial charge in [-0.25, -0.2) is 5.43 Å². The molecule has 0 saturated carbocycles. The Morgan fingerprint density at radius 3 is 2.39 bits per heavy atom. The number of rotatable bonds is 8. The fourth-order valence-electron chi connectivity index (χ4n) is 2.22. The van der Waals surface area contributed by atoms with Gasteiger partial charge >= 0.3 is 5.69 Å². The van der Waals surface area contributed by atoms with Crippen LogP contribution in [0.2, 0.25) is 0 Å². The van der Waals surface area contributed by atoms with E-state index in [1.54, 1.807) is 6.92 Å². The highest BCUT2D eigenvalue weighted by Gasteiger charge is 2.21. The fraction of sp³-hybridized carbons (Fsp3) is 0.176. The first kappa shape index (κ1) is 20.3. The topological polar surface area (TPSA) is 146 Å². The number of amides is 1. The average molecular weight is 388 g/mol. The molecule has 0 unspecified atom stereocenters. The number of ether oxygens (including phenoxy) is 2. The zero-order chi connectivity index (χ0) is 20.7. The number of carbonyl (C=O) groups excluding carboxylic acids is 1. The van der Waals surface area contributed by atoms with Gasteiger partial charge < -0.3 is 9.47 Å². The van der Waals surface area contributed by atoms with Crippen molar-refractivity contribution in [3.63, 3.8) is 0 Å². The van der Waals surface area contributed by atoms with Crippen molar-refractivity contribution in [2.24, 2.45) is 5.10 Å². The summed E-state index contributed by atoms with van der Waals surface area (Å²) in [7, 11) is 1.35. The largest absolute Gasteiger partial charge is 0.493 e. The van der Waals surface area contributed by atoms with Crippen molar-refractivity contribution in [1.29, 1.82) is 0 Å². The molecular formula is C17H16N4O7. The van der Waals surface area contributed by atoms with Crippen molar-refractivity contribution in [2.75, 3.05) is 13.7 Å². The fourth-order valence-corrected chi connectivity index (χ4v) is 2.22. The zero-order valence-corrected chi connectivity index (χ0v) is 14.9. The van der Waals surface area contributed by atoms with Crippen LogP contribution in [0.15, 0.2) is 41.5 Å². The van der Waals surface area contributed by atoms with Gasteiger partial charge in [-0.15, -0.1) is 0 Å². The molecule has 0 aromatic heterocycles. The first-order valence-corrected chi connectivity index (χ1v) is 7.94. The van der Waals surface area contributed by atoms with Crippen LogP contribution in [0.1, 0.15) is 22.8 Å². The molecule has 0 fully saturated rings. The molecule has 0 heterocycles. The van der Waals surface area contributed by atoms with Crippen LogP contribution in [0.3, 0.4) is 0 Å². The summed E-state index contributed by atoms with van der Waals surface area (Å²) in [6.45, 7) is 1.90. The second-order valence-corrected chi connectivity index (χ2v) is 5.26. The van der Waals surface area contributed by atoms with Crippen LogP contribution in [-0.2, 0) is 0 Å². The smallest absolute Gasteiger partial charge is 0.315 e. The number of methoxy groups -OCH3 is 1. The number of carbonyl (C=O) groups is 1. The van der Waals surface area contributed by atoms with Gasteiger partial charge in [0.15, 0.2) is 5.75 Å². The van der Waals surface area contributed by atoms with E-state index in [1.807, 2.05) is 0 Å². The maximum absolute atomic E-state index is 12.0. The zero-order valence-electron chi connectivity index (χ0n) is 14.9. The molecule has 1 amide bonds. The Morgan fingerprint density at radius 1 is 1.18 bits per heavy atom. The van der Waals surface area contributed by atoms with Gasteiger partial charge in [0, 0.05) is 29.3 Å². The predicted octanol–water partition coefficient (Wildman–Crippen LogP) is 2.67. The predicted molar refractivity (Wildman–Crippen MR) is 99.0 cm³/mol. The molecule has 0 spiro atoms. The van der Waals surface area contributed by atoms with E-state index < -0.39 is 15.8 Å². The summed E-state index contributed by atoms with van der Waals surface area (Å²) < 4.78 is 10.4. The number of hydrogen-bond acceptors (Lipinski definition) is 8. The van der Waals surface area contributed by atoms with Gasteiger partial charge in [0.1, 0.15) is 0 Å². The van der Waals surface area contributed by atoms with E-state index in [0.29, 0.717) is 5.56 Å². The number of nitro benzene ring substituents is 2. The van der Waals surface area contributed by atoms with Gasteiger partial charge in [-0.1, -0.05) is 0 Å². The van der Waals surface area contributed by atoms with E-state index in [-0.39, 0.29) is 35.0 Å². The van der Waals surface area contributed by atoms with Crippen molar-refractivity contribution in [3.05, 3.63) is 67.8 Å². The monoisotopic (exact) mass is 388 g/mol. The Morgan fingerprint density at radius 2 is 1.86 bits per heavy atom. The van der Waals surface area contributed by atoms with Crippen LogP contribution >= 0.6 is 0 Å². The van der Waals surface area contributed by atoms with E-state index in [2.05, 4.69) is 10.5 Å². The summed E-state index contributed by atoms with van der Waals surface area (Å²) >= 11 is 0. The molecule has 2 rings (SSSR count). The molecule has 11 heteroatoms. The van der Waals surface area contributed by atoms with Gasteiger partial charge in [-0.05, 0) is 25.1 Å². The SMILES string of the molecule is CCOc1c(OC)cc(/C=N/NC(=O)c2ccc([N+](=O)[O-])cc2)cc1[N+](=O)[O-]. The summed E-state index contributed by atoms with van der Waals surface area (Å²) in [6.07, 6.45) is 1.20. The molecule has 28 heavy (non-hydrogen) atoms. The lowest BCUT2D eigenvalue weighted by atomic mass is 10.2. The average Bonchev–Trinajstić information content (AvgIpc) is 2.68.